The highest BCUT2D eigenvalue weighted by molar-refractivity contribution is 6.01. The summed E-state index contributed by atoms with van der Waals surface area (Å²) < 4.78 is 44.1. The molecule has 4 rings (SSSR count). The van der Waals surface area contributed by atoms with E-state index in [4.69, 9.17) is 10.8 Å². The number of aliphatic carboxylic acids is 1. The predicted octanol–water partition coefficient (Wildman–Crippen LogP) is 4.33. The molecule has 164 valence electrons. The number of halogens is 3. The number of carboxylic acids is 1. The first kappa shape index (κ1) is 21.6. The van der Waals surface area contributed by atoms with Crippen molar-refractivity contribution in [2.75, 3.05) is 0 Å². The van der Waals surface area contributed by atoms with Crippen LogP contribution in [0.2, 0.25) is 0 Å². The van der Waals surface area contributed by atoms with E-state index < -0.39 is 34.9 Å². The molecule has 8 heteroatoms. The number of rotatable bonds is 4. The summed E-state index contributed by atoms with van der Waals surface area (Å²) in [7, 11) is 1.44. The maximum absolute atomic E-state index is 14.3. The number of benzene rings is 3. The summed E-state index contributed by atoms with van der Waals surface area (Å²) in [6, 6.07) is 14.4. The lowest BCUT2D eigenvalue weighted by molar-refractivity contribution is -0.138. The van der Waals surface area contributed by atoms with E-state index in [0.29, 0.717) is 16.3 Å². The molecule has 0 aliphatic rings. The molecule has 0 aliphatic carbocycles. The van der Waals surface area contributed by atoms with Gasteiger partial charge in [-0.2, -0.15) is 13.2 Å². The fourth-order valence-corrected chi connectivity index (χ4v) is 4.14. The Morgan fingerprint density at radius 1 is 1.00 bits per heavy atom. The van der Waals surface area contributed by atoms with Crippen molar-refractivity contribution in [1.29, 1.82) is 0 Å². The van der Waals surface area contributed by atoms with Crippen LogP contribution in [0, 0.1) is 0 Å². The number of para-hydroxylation sites is 1. The van der Waals surface area contributed by atoms with Crippen LogP contribution in [0.25, 0.3) is 32.8 Å². The van der Waals surface area contributed by atoms with E-state index in [0.717, 1.165) is 0 Å². The van der Waals surface area contributed by atoms with Crippen LogP contribution in [-0.4, -0.2) is 21.7 Å². The van der Waals surface area contributed by atoms with E-state index in [9.17, 15) is 22.8 Å². The van der Waals surface area contributed by atoms with Crippen molar-refractivity contribution >= 4 is 27.6 Å². The van der Waals surface area contributed by atoms with Gasteiger partial charge in [-0.15, -0.1) is 0 Å². The molecule has 3 aromatic carbocycles. The first-order chi connectivity index (χ1) is 15.1. The van der Waals surface area contributed by atoms with Crippen LogP contribution in [0.4, 0.5) is 13.2 Å². The summed E-state index contributed by atoms with van der Waals surface area (Å²) in [4.78, 5) is 24.4. The quantitative estimate of drug-likeness (QED) is 0.495. The molecule has 4 aromatic rings. The van der Waals surface area contributed by atoms with E-state index >= 15 is 0 Å². The molecule has 1 atom stereocenters. The molecule has 0 spiro atoms. The fourth-order valence-electron chi connectivity index (χ4n) is 4.14. The molecule has 0 fully saturated rings. The molecule has 0 saturated heterocycles. The van der Waals surface area contributed by atoms with E-state index in [2.05, 4.69) is 0 Å². The topological polar surface area (TPSA) is 85.3 Å². The van der Waals surface area contributed by atoms with Gasteiger partial charge in [0.2, 0.25) is 0 Å². The van der Waals surface area contributed by atoms with E-state index in [1.807, 2.05) is 0 Å². The average Bonchev–Trinajstić information content (AvgIpc) is 2.75. The van der Waals surface area contributed by atoms with Crippen LogP contribution in [0.15, 0.2) is 65.5 Å². The first-order valence-corrected chi connectivity index (χ1v) is 9.79. The average molecular weight is 440 g/mol. The number of alkyl halides is 3. The molecule has 0 bridgehead atoms. The van der Waals surface area contributed by atoms with Gasteiger partial charge in [0.05, 0.1) is 16.6 Å². The second-order valence-corrected chi connectivity index (χ2v) is 7.60. The predicted molar refractivity (Wildman–Crippen MR) is 116 cm³/mol. The number of carboxylic acid groups (broad SMARTS) is 1. The minimum absolute atomic E-state index is 0.00200. The molecule has 0 aliphatic heterocycles. The van der Waals surface area contributed by atoms with Gasteiger partial charge in [-0.25, -0.2) is 0 Å². The molecular weight excluding hydrogens is 421 g/mol. The van der Waals surface area contributed by atoms with E-state index in [1.54, 1.807) is 36.4 Å². The van der Waals surface area contributed by atoms with Crippen molar-refractivity contribution in [3.8, 4) is 11.1 Å². The molecule has 1 heterocycles. The zero-order valence-corrected chi connectivity index (χ0v) is 17.0. The summed E-state index contributed by atoms with van der Waals surface area (Å²) in [5.41, 5.74) is 4.37. The number of aromatic nitrogens is 1. The Kier molecular flexibility index (Phi) is 5.26. The van der Waals surface area contributed by atoms with Gasteiger partial charge in [0.25, 0.3) is 5.56 Å². The Balaban J connectivity index is 2.10. The Hall–Kier alpha value is -3.65. The Labute approximate surface area is 180 Å². The minimum atomic E-state index is -4.77. The Bertz CT molecular complexity index is 1420. The van der Waals surface area contributed by atoms with Gasteiger partial charge in [0, 0.05) is 12.4 Å². The summed E-state index contributed by atoms with van der Waals surface area (Å²) in [5.74, 6) is -1.18. The number of hydrogen-bond acceptors (Lipinski definition) is 3. The summed E-state index contributed by atoms with van der Waals surface area (Å²) in [5, 5.41) is 10.0. The van der Waals surface area contributed by atoms with Gasteiger partial charge >= 0.3 is 12.1 Å². The van der Waals surface area contributed by atoms with Crippen molar-refractivity contribution < 1.29 is 23.1 Å². The van der Waals surface area contributed by atoms with Crippen molar-refractivity contribution in [1.82, 2.24) is 4.57 Å². The van der Waals surface area contributed by atoms with Crippen LogP contribution in [0.3, 0.4) is 0 Å². The number of fused-ring (bicyclic) bond motifs is 2. The number of carbonyl (C=O) groups is 1. The second kappa shape index (κ2) is 7.80. The van der Waals surface area contributed by atoms with Crippen LogP contribution in [0.1, 0.15) is 11.1 Å². The van der Waals surface area contributed by atoms with Gasteiger partial charge < -0.3 is 15.4 Å². The molecular formula is C24H19F3N2O3. The monoisotopic (exact) mass is 440 g/mol. The highest BCUT2D eigenvalue weighted by atomic mass is 19.4. The summed E-state index contributed by atoms with van der Waals surface area (Å²) in [6.45, 7) is 0. The van der Waals surface area contributed by atoms with Crippen LogP contribution < -0.4 is 11.3 Å². The lowest BCUT2D eigenvalue weighted by Gasteiger charge is -2.19. The third-order valence-electron chi connectivity index (χ3n) is 5.63. The lowest BCUT2D eigenvalue weighted by atomic mass is 9.90. The SMILES string of the molecule is Cn1c(=O)c(-c2cccc3c(C[C@H](N)C(=O)O)cccc23)c(C(F)(F)F)c2ccccc21. The van der Waals surface area contributed by atoms with Crippen molar-refractivity contribution in [3.05, 3.63) is 82.1 Å². The van der Waals surface area contributed by atoms with Gasteiger partial charge in [-0.1, -0.05) is 54.6 Å². The molecule has 0 unspecified atom stereocenters. The van der Waals surface area contributed by atoms with Gasteiger partial charge in [0.1, 0.15) is 6.04 Å². The standard InChI is InChI=1S/C24H19F3N2O3/c1-29-19-11-3-2-7-17(19)21(24(25,26)27)20(22(29)30)16-10-5-8-14-13(6-4-9-15(14)16)12-18(28)23(31)32/h2-11,18H,12,28H2,1H3,(H,31,32)/t18-/m0/s1. The maximum Gasteiger partial charge on any atom is 0.417 e. The normalized spacial score (nSPS) is 12.9. The lowest BCUT2D eigenvalue weighted by Crippen LogP contribution is -2.32. The summed E-state index contributed by atoms with van der Waals surface area (Å²) in [6.07, 6.45) is -4.77. The van der Waals surface area contributed by atoms with Gasteiger partial charge in [-0.05, 0) is 34.4 Å². The van der Waals surface area contributed by atoms with Crippen LogP contribution in [0.5, 0.6) is 0 Å². The molecule has 32 heavy (non-hydrogen) atoms. The Morgan fingerprint density at radius 2 is 1.62 bits per heavy atom. The highest BCUT2D eigenvalue weighted by Crippen LogP contribution is 2.41. The zero-order valence-electron chi connectivity index (χ0n) is 17.0. The largest absolute Gasteiger partial charge is 0.480 e. The van der Waals surface area contributed by atoms with Gasteiger partial charge in [0.15, 0.2) is 0 Å². The number of hydrogen-bond donors (Lipinski definition) is 2. The molecule has 0 radical (unpaired) electrons. The third kappa shape index (κ3) is 3.52. The molecule has 3 N–H and O–H groups in total. The van der Waals surface area contributed by atoms with Crippen molar-refractivity contribution in [2.45, 2.75) is 18.6 Å². The smallest absolute Gasteiger partial charge is 0.417 e. The van der Waals surface area contributed by atoms with Gasteiger partial charge in [-0.3, -0.25) is 9.59 Å². The third-order valence-corrected chi connectivity index (χ3v) is 5.63. The van der Waals surface area contributed by atoms with Crippen LogP contribution in [-0.2, 0) is 24.4 Å². The number of nitrogens with zero attached hydrogens (tertiary/aromatic N) is 1. The number of aryl methyl sites for hydroxylation is 1. The zero-order chi connectivity index (χ0) is 23.2. The van der Waals surface area contributed by atoms with Crippen LogP contribution >= 0.6 is 0 Å². The molecule has 0 saturated carbocycles. The first-order valence-electron chi connectivity index (χ1n) is 9.79. The molecule has 1 aromatic heterocycles. The fraction of sp³-hybridized carbons (Fsp3) is 0.167. The number of nitrogens with two attached hydrogens (primary N) is 1. The second-order valence-electron chi connectivity index (χ2n) is 7.60. The summed E-state index contributed by atoms with van der Waals surface area (Å²) >= 11 is 0. The van der Waals surface area contributed by atoms with E-state index in [-0.39, 0.29) is 22.9 Å². The maximum atomic E-state index is 14.3. The van der Waals surface area contributed by atoms with Crippen molar-refractivity contribution in [3.63, 3.8) is 0 Å². The molecule has 5 nitrogen and oxygen atoms in total. The highest BCUT2D eigenvalue weighted by Gasteiger charge is 2.38. The Morgan fingerprint density at radius 3 is 2.31 bits per heavy atom. The number of pyridine rings is 1. The minimum Gasteiger partial charge on any atom is -0.480 e. The van der Waals surface area contributed by atoms with Crippen molar-refractivity contribution in [2.24, 2.45) is 12.8 Å². The van der Waals surface area contributed by atoms with E-state index in [1.165, 1.54) is 35.9 Å². The molecule has 0 amide bonds.